The summed E-state index contributed by atoms with van der Waals surface area (Å²) in [6, 6.07) is 4.68. The summed E-state index contributed by atoms with van der Waals surface area (Å²) in [6.07, 6.45) is 1.91. The molecule has 0 spiro atoms. The predicted molar refractivity (Wildman–Crippen MR) is 102 cm³/mol. The molecule has 138 valence electrons. The molecule has 1 amide bonds. The van der Waals surface area contributed by atoms with Gasteiger partial charge in [-0.2, -0.15) is 5.10 Å². The van der Waals surface area contributed by atoms with Gasteiger partial charge in [-0.1, -0.05) is 23.2 Å². The first-order valence-electron chi connectivity index (χ1n) is 7.84. The third-order valence-corrected chi connectivity index (χ3v) is 4.35. The molecule has 1 atom stereocenters. The molecule has 0 fully saturated rings. The molecule has 1 heterocycles. The first kappa shape index (κ1) is 20.0. The molecule has 0 unspecified atom stereocenters. The molecule has 26 heavy (non-hydrogen) atoms. The number of nitrogens with one attached hydrogen (secondary N) is 1. The highest BCUT2D eigenvalue weighted by atomic mass is 35.5. The lowest BCUT2D eigenvalue weighted by atomic mass is 10.2. The Morgan fingerprint density at radius 3 is 2.58 bits per heavy atom. The number of amides is 1. The summed E-state index contributed by atoms with van der Waals surface area (Å²) < 4.78 is 6.85. The molecule has 1 aromatic heterocycles. The van der Waals surface area contributed by atoms with Crippen LogP contribution in [0.25, 0.3) is 6.08 Å². The van der Waals surface area contributed by atoms with Crippen molar-refractivity contribution in [2.24, 2.45) is 7.05 Å². The van der Waals surface area contributed by atoms with Crippen LogP contribution >= 0.6 is 23.2 Å². The van der Waals surface area contributed by atoms with Crippen LogP contribution in [0.4, 0.5) is 5.69 Å². The van der Waals surface area contributed by atoms with Crippen LogP contribution in [0.15, 0.2) is 24.3 Å². The standard InChI is InChI=1S/C18H19Cl2N3O3/c1-10-14(11(2)23(4)22-10)6-8-17(24)26-12(3)18(25)21-16-7-5-13(19)9-15(16)20/h5-9,12H,1-4H3,(H,21,25)/b8-6+/t12-/m1/s1. The van der Waals surface area contributed by atoms with Crippen LogP contribution in [0.1, 0.15) is 23.9 Å². The third-order valence-electron chi connectivity index (χ3n) is 3.80. The largest absolute Gasteiger partial charge is 0.449 e. The maximum atomic E-state index is 12.2. The van der Waals surface area contributed by atoms with Crippen molar-refractivity contribution in [3.8, 4) is 0 Å². The van der Waals surface area contributed by atoms with Crippen LogP contribution in [-0.2, 0) is 21.4 Å². The van der Waals surface area contributed by atoms with Gasteiger partial charge in [0.15, 0.2) is 6.10 Å². The maximum Gasteiger partial charge on any atom is 0.331 e. The molecule has 1 aromatic carbocycles. The number of aryl methyl sites for hydroxylation is 2. The van der Waals surface area contributed by atoms with Gasteiger partial charge < -0.3 is 10.1 Å². The maximum absolute atomic E-state index is 12.2. The van der Waals surface area contributed by atoms with Crippen molar-refractivity contribution in [1.29, 1.82) is 0 Å². The van der Waals surface area contributed by atoms with E-state index in [-0.39, 0.29) is 0 Å². The molecule has 0 saturated carbocycles. The van der Waals surface area contributed by atoms with E-state index in [0.717, 1.165) is 17.0 Å². The zero-order valence-corrected chi connectivity index (χ0v) is 16.4. The van der Waals surface area contributed by atoms with Gasteiger partial charge in [0, 0.05) is 29.4 Å². The molecule has 0 aliphatic carbocycles. The lowest BCUT2D eigenvalue weighted by Crippen LogP contribution is -2.29. The number of carbonyl (C=O) groups excluding carboxylic acids is 2. The van der Waals surface area contributed by atoms with Crippen LogP contribution in [0.3, 0.4) is 0 Å². The van der Waals surface area contributed by atoms with Gasteiger partial charge in [-0.25, -0.2) is 4.79 Å². The first-order chi connectivity index (χ1) is 12.2. The molecular formula is C18H19Cl2N3O3. The number of esters is 1. The highest BCUT2D eigenvalue weighted by molar-refractivity contribution is 6.36. The van der Waals surface area contributed by atoms with Crippen LogP contribution in [0.5, 0.6) is 0 Å². The van der Waals surface area contributed by atoms with Crippen molar-refractivity contribution in [2.45, 2.75) is 26.9 Å². The Morgan fingerprint density at radius 1 is 1.31 bits per heavy atom. The molecule has 0 aliphatic heterocycles. The Morgan fingerprint density at radius 2 is 2.00 bits per heavy atom. The van der Waals surface area contributed by atoms with E-state index >= 15 is 0 Å². The van der Waals surface area contributed by atoms with E-state index in [9.17, 15) is 9.59 Å². The van der Waals surface area contributed by atoms with Crippen molar-refractivity contribution in [1.82, 2.24) is 9.78 Å². The Hall–Kier alpha value is -2.31. The molecule has 0 saturated heterocycles. The third kappa shape index (κ3) is 4.86. The van der Waals surface area contributed by atoms with Crippen LogP contribution < -0.4 is 5.32 Å². The molecular weight excluding hydrogens is 377 g/mol. The van der Waals surface area contributed by atoms with E-state index < -0.39 is 18.0 Å². The van der Waals surface area contributed by atoms with Crippen LogP contribution in [0.2, 0.25) is 10.0 Å². The molecule has 1 N–H and O–H groups in total. The van der Waals surface area contributed by atoms with Crippen LogP contribution in [-0.4, -0.2) is 27.8 Å². The first-order valence-corrected chi connectivity index (χ1v) is 8.59. The number of hydrogen-bond donors (Lipinski definition) is 1. The molecule has 8 heteroatoms. The number of aromatic nitrogens is 2. The fraction of sp³-hybridized carbons (Fsp3) is 0.278. The highest BCUT2D eigenvalue weighted by Gasteiger charge is 2.18. The van der Waals surface area contributed by atoms with Crippen molar-refractivity contribution in [3.05, 3.63) is 51.3 Å². The zero-order valence-electron chi connectivity index (χ0n) is 14.8. The second-order valence-electron chi connectivity index (χ2n) is 5.73. The van der Waals surface area contributed by atoms with Gasteiger partial charge in [0.05, 0.1) is 16.4 Å². The van der Waals surface area contributed by atoms with E-state index in [1.165, 1.54) is 19.1 Å². The van der Waals surface area contributed by atoms with E-state index in [0.29, 0.717) is 15.7 Å². The smallest absolute Gasteiger partial charge is 0.331 e. The predicted octanol–water partition coefficient (Wildman–Crippen LogP) is 3.93. The average Bonchev–Trinajstić information content (AvgIpc) is 2.80. The summed E-state index contributed by atoms with van der Waals surface area (Å²) in [5.41, 5.74) is 2.96. The summed E-state index contributed by atoms with van der Waals surface area (Å²) in [5, 5.41) is 7.61. The molecule has 0 aliphatic rings. The number of rotatable bonds is 5. The molecule has 2 rings (SSSR count). The number of benzene rings is 1. The van der Waals surface area contributed by atoms with Gasteiger partial charge in [-0.05, 0) is 45.0 Å². The van der Waals surface area contributed by atoms with Gasteiger partial charge in [0.1, 0.15) is 0 Å². The second kappa shape index (κ2) is 8.38. The lowest BCUT2D eigenvalue weighted by molar-refractivity contribution is -0.148. The highest BCUT2D eigenvalue weighted by Crippen LogP contribution is 2.25. The van der Waals surface area contributed by atoms with Gasteiger partial charge in [-0.15, -0.1) is 0 Å². The van der Waals surface area contributed by atoms with E-state index in [1.807, 2.05) is 20.9 Å². The molecule has 2 aromatic rings. The quantitative estimate of drug-likeness (QED) is 0.614. The molecule has 0 bridgehead atoms. The van der Waals surface area contributed by atoms with Gasteiger partial charge in [0.25, 0.3) is 5.91 Å². The topological polar surface area (TPSA) is 73.2 Å². The average molecular weight is 396 g/mol. The normalized spacial score (nSPS) is 12.2. The van der Waals surface area contributed by atoms with Crippen molar-refractivity contribution < 1.29 is 14.3 Å². The minimum absolute atomic E-state index is 0.298. The second-order valence-corrected chi connectivity index (χ2v) is 6.58. The summed E-state index contributed by atoms with van der Waals surface area (Å²) in [5.74, 6) is -1.12. The number of carbonyl (C=O) groups is 2. The fourth-order valence-electron chi connectivity index (χ4n) is 2.27. The summed E-state index contributed by atoms with van der Waals surface area (Å²) in [6.45, 7) is 5.23. The SMILES string of the molecule is Cc1nn(C)c(C)c1/C=C/C(=O)O[C@H](C)C(=O)Nc1ccc(Cl)cc1Cl. The minimum atomic E-state index is -0.991. The number of hydrogen-bond acceptors (Lipinski definition) is 4. The summed E-state index contributed by atoms with van der Waals surface area (Å²) in [7, 11) is 1.83. The number of halogens is 2. The monoisotopic (exact) mass is 395 g/mol. The van der Waals surface area contributed by atoms with Crippen molar-refractivity contribution in [2.75, 3.05) is 5.32 Å². The van der Waals surface area contributed by atoms with Gasteiger partial charge in [0.2, 0.25) is 0 Å². The number of ether oxygens (including phenoxy) is 1. The Kier molecular flexibility index (Phi) is 6.45. The molecule has 0 radical (unpaired) electrons. The van der Waals surface area contributed by atoms with E-state index in [4.69, 9.17) is 27.9 Å². The van der Waals surface area contributed by atoms with Gasteiger partial charge in [-0.3, -0.25) is 9.48 Å². The van der Waals surface area contributed by atoms with Crippen molar-refractivity contribution in [3.63, 3.8) is 0 Å². The number of nitrogens with zero attached hydrogens (tertiary/aromatic N) is 2. The zero-order chi connectivity index (χ0) is 19.4. The van der Waals surface area contributed by atoms with Crippen molar-refractivity contribution >= 4 is 46.8 Å². The summed E-state index contributed by atoms with van der Waals surface area (Å²) >= 11 is 11.8. The Labute approximate surface area is 161 Å². The Balaban J connectivity index is 1.97. The van der Waals surface area contributed by atoms with E-state index in [2.05, 4.69) is 10.4 Å². The fourth-order valence-corrected chi connectivity index (χ4v) is 2.73. The Bertz CT molecular complexity index is 875. The lowest BCUT2D eigenvalue weighted by Gasteiger charge is -2.13. The minimum Gasteiger partial charge on any atom is -0.449 e. The molecule has 6 nitrogen and oxygen atoms in total. The van der Waals surface area contributed by atoms with Gasteiger partial charge >= 0.3 is 5.97 Å². The van der Waals surface area contributed by atoms with E-state index in [1.54, 1.807) is 22.9 Å². The van der Waals surface area contributed by atoms with Crippen LogP contribution in [0, 0.1) is 13.8 Å². The summed E-state index contributed by atoms with van der Waals surface area (Å²) in [4.78, 5) is 24.1. The number of anilines is 1.